The van der Waals surface area contributed by atoms with Crippen molar-refractivity contribution in [1.82, 2.24) is 19.7 Å². The SMILES string of the molecule is COc1ncccc1NC(=O)c1cc2cn(CC3CCOC3)nc2nc1OC(C)C. The van der Waals surface area contributed by atoms with Gasteiger partial charge in [-0.2, -0.15) is 10.1 Å². The predicted molar refractivity (Wildman–Crippen MR) is 111 cm³/mol. The third-order valence-electron chi connectivity index (χ3n) is 4.78. The standard InChI is InChI=1S/C21H25N5O4/c1-13(2)30-20-16(19(27)23-17-5-4-7-22-21(17)28-3)9-15-11-26(25-18(15)24-20)10-14-6-8-29-12-14/h4-5,7,9,11,13-14H,6,8,10,12H2,1-3H3,(H,23,27). The molecule has 0 radical (unpaired) electrons. The largest absolute Gasteiger partial charge is 0.480 e. The molecule has 9 nitrogen and oxygen atoms in total. The van der Waals surface area contributed by atoms with Crippen LogP contribution in [0.25, 0.3) is 11.0 Å². The van der Waals surface area contributed by atoms with Crippen LogP contribution in [0.3, 0.4) is 0 Å². The van der Waals surface area contributed by atoms with Crippen molar-refractivity contribution in [2.45, 2.75) is 32.9 Å². The maximum Gasteiger partial charge on any atom is 0.261 e. The zero-order valence-electron chi connectivity index (χ0n) is 17.3. The summed E-state index contributed by atoms with van der Waals surface area (Å²) in [6.07, 6.45) is 4.37. The number of nitrogens with zero attached hydrogens (tertiary/aromatic N) is 4. The Labute approximate surface area is 174 Å². The molecule has 1 unspecified atom stereocenters. The molecule has 0 saturated carbocycles. The van der Waals surface area contributed by atoms with E-state index in [0.717, 1.165) is 31.6 Å². The number of rotatable bonds is 7. The van der Waals surface area contributed by atoms with E-state index < -0.39 is 0 Å². The summed E-state index contributed by atoms with van der Waals surface area (Å²) in [5, 5.41) is 8.17. The molecule has 158 valence electrons. The highest BCUT2D eigenvalue weighted by molar-refractivity contribution is 6.08. The zero-order valence-corrected chi connectivity index (χ0v) is 17.3. The van der Waals surface area contributed by atoms with E-state index >= 15 is 0 Å². The van der Waals surface area contributed by atoms with Gasteiger partial charge in [0, 0.05) is 36.8 Å². The fourth-order valence-electron chi connectivity index (χ4n) is 3.39. The molecule has 0 spiro atoms. The van der Waals surface area contributed by atoms with E-state index in [1.165, 1.54) is 7.11 Å². The predicted octanol–water partition coefficient (Wildman–Crippen LogP) is 2.91. The lowest BCUT2D eigenvalue weighted by Crippen LogP contribution is -2.17. The summed E-state index contributed by atoms with van der Waals surface area (Å²) in [7, 11) is 1.50. The molecule has 1 aliphatic heterocycles. The number of carbonyl (C=O) groups is 1. The maximum absolute atomic E-state index is 13.1. The number of carbonyl (C=O) groups excluding carboxylic acids is 1. The van der Waals surface area contributed by atoms with Crippen LogP contribution < -0.4 is 14.8 Å². The first-order chi connectivity index (χ1) is 14.5. The van der Waals surface area contributed by atoms with Crippen LogP contribution in [0, 0.1) is 5.92 Å². The van der Waals surface area contributed by atoms with Gasteiger partial charge in [0.15, 0.2) is 5.65 Å². The van der Waals surface area contributed by atoms with E-state index in [-0.39, 0.29) is 17.9 Å². The molecule has 4 heterocycles. The number of methoxy groups -OCH3 is 1. The fraction of sp³-hybridized carbons (Fsp3) is 0.429. The molecule has 1 amide bonds. The summed E-state index contributed by atoms with van der Waals surface area (Å²) < 4.78 is 18.4. The first kappa shape index (κ1) is 20.1. The lowest BCUT2D eigenvalue weighted by Gasteiger charge is -2.14. The van der Waals surface area contributed by atoms with Crippen molar-refractivity contribution >= 4 is 22.6 Å². The number of amides is 1. The van der Waals surface area contributed by atoms with Gasteiger partial charge in [0.25, 0.3) is 5.91 Å². The topological polar surface area (TPSA) is 100 Å². The Kier molecular flexibility index (Phi) is 5.80. The van der Waals surface area contributed by atoms with E-state index in [1.54, 1.807) is 24.4 Å². The van der Waals surface area contributed by atoms with Gasteiger partial charge in [0.2, 0.25) is 11.8 Å². The monoisotopic (exact) mass is 411 g/mol. The Morgan fingerprint density at radius 3 is 3.00 bits per heavy atom. The summed E-state index contributed by atoms with van der Waals surface area (Å²) in [6, 6.07) is 5.20. The van der Waals surface area contributed by atoms with Crippen LogP contribution in [-0.4, -0.2) is 52.1 Å². The van der Waals surface area contributed by atoms with E-state index in [2.05, 4.69) is 20.4 Å². The van der Waals surface area contributed by atoms with Crippen molar-refractivity contribution in [3.8, 4) is 11.8 Å². The summed E-state index contributed by atoms with van der Waals surface area (Å²) in [6.45, 7) is 6.06. The van der Waals surface area contributed by atoms with Crippen molar-refractivity contribution in [1.29, 1.82) is 0 Å². The Bertz CT molecular complexity index is 1040. The van der Waals surface area contributed by atoms with Crippen LogP contribution in [0.15, 0.2) is 30.6 Å². The first-order valence-electron chi connectivity index (χ1n) is 9.96. The van der Waals surface area contributed by atoms with Crippen molar-refractivity contribution in [2.75, 3.05) is 25.6 Å². The molecule has 0 aromatic carbocycles. The fourth-order valence-corrected chi connectivity index (χ4v) is 3.39. The van der Waals surface area contributed by atoms with E-state index in [9.17, 15) is 4.79 Å². The summed E-state index contributed by atoms with van der Waals surface area (Å²) >= 11 is 0. The van der Waals surface area contributed by atoms with Crippen molar-refractivity contribution in [2.24, 2.45) is 5.92 Å². The minimum absolute atomic E-state index is 0.146. The molecule has 1 saturated heterocycles. The summed E-state index contributed by atoms with van der Waals surface area (Å²) in [4.78, 5) is 21.7. The van der Waals surface area contributed by atoms with Gasteiger partial charge in [0.05, 0.1) is 19.8 Å². The number of fused-ring (bicyclic) bond motifs is 1. The molecule has 0 bridgehead atoms. The van der Waals surface area contributed by atoms with Crippen molar-refractivity contribution in [3.05, 3.63) is 36.2 Å². The van der Waals surface area contributed by atoms with Gasteiger partial charge in [-0.15, -0.1) is 0 Å². The lowest BCUT2D eigenvalue weighted by atomic mass is 10.1. The van der Waals surface area contributed by atoms with Crippen molar-refractivity contribution < 1.29 is 19.0 Å². The first-order valence-corrected chi connectivity index (χ1v) is 9.96. The minimum atomic E-state index is -0.358. The molecule has 1 aliphatic rings. The molecule has 1 atom stereocenters. The highest BCUT2D eigenvalue weighted by Gasteiger charge is 2.21. The second-order valence-corrected chi connectivity index (χ2v) is 7.52. The Hall–Kier alpha value is -3.20. The second-order valence-electron chi connectivity index (χ2n) is 7.52. The number of aromatic nitrogens is 4. The molecule has 1 N–H and O–H groups in total. The number of ether oxygens (including phenoxy) is 3. The lowest BCUT2D eigenvalue weighted by molar-refractivity contribution is 0.101. The quantitative estimate of drug-likeness (QED) is 0.638. The van der Waals surface area contributed by atoms with Crippen LogP contribution in [0.2, 0.25) is 0 Å². The normalized spacial score (nSPS) is 16.2. The van der Waals surface area contributed by atoms with Crippen LogP contribution in [0.4, 0.5) is 5.69 Å². The van der Waals surface area contributed by atoms with Gasteiger partial charge in [-0.1, -0.05) is 0 Å². The van der Waals surface area contributed by atoms with Crippen LogP contribution >= 0.6 is 0 Å². The molecule has 0 aliphatic carbocycles. The average molecular weight is 411 g/mol. The number of pyridine rings is 2. The van der Waals surface area contributed by atoms with E-state index in [0.29, 0.717) is 28.7 Å². The summed E-state index contributed by atoms with van der Waals surface area (Å²) in [5.74, 6) is 0.653. The number of hydrogen-bond acceptors (Lipinski definition) is 7. The molecule has 9 heteroatoms. The maximum atomic E-state index is 13.1. The van der Waals surface area contributed by atoms with E-state index in [4.69, 9.17) is 14.2 Å². The Morgan fingerprint density at radius 2 is 2.27 bits per heavy atom. The third kappa shape index (κ3) is 4.35. The van der Waals surface area contributed by atoms with Gasteiger partial charge in [-0.25, -0.2) is 4.98 Å². The van der Waals surface area contributed by atoms with Crippen LogP contribution in [0.5, 0.6) is 11.8 Å². The molecule has 30 heavy (non-hydrogen) atoms. The molecule has 3 aromatic heterocycles. The van der Waals surface area contributed by atoms with E-state index in [1.807, 2.05) is 24.7 Å². The average Bonchev–Trinajstić information content (AvgIpc) is 3.36. The van der Waals surface area contributed by atoms with Gasteiger partial charge in [-0.05, 0) is 38.5 Å². The molecule has 3 aromatic rings. The highest BCUT2D eigenvalue weighted by Crippen LogP contribution is 2.26. The third-order valence-corrected chi connectivity index (χ3v) is 4.78. The number of anilines is 1. The summed E-state index contributed by atoms with van der Waals surface area (Å²) in [5.41, 5.74) is 1.34. The van der Waals surface area contributed by atoms with Crippen LogP contribution in [-0.2, 0) is 11.3 Å². The molecular weight excluding hydrogens is 386 g/mol. The van der Waals surface area contributed by atoms with Gasteiger partial charge in [-0.3, -0.25) is 9.48 Å². The Balaban J connectivity index is 1.66. The molecule has 4 rings (SSSR count). The second kappa shape index (κ2) is 8.66. The minimum Gasteiger partial charge on any atom is -0.480 e. The van der Waals surface area contributed by atoms with Crippen molar-refractivity contribution in [3.63, 3.8) is 0 Å². The molecular formula is C21H25N5O4. The number of hydrogen-bond donors (Lipinski definition) is 1. The van der Waals surface area contributed by atoms with Gasteiger partial charge < -0.3 is 19.5 Å². The van der Waals surface area contributed by atoms with Gasteiger partial charge >= 0.3 is 0 Å². The smallest absolute Gasteiger partial charge is 0.261 e. The Morgan fingerprint density at radius 1 is 1.40 bits per heavy atom. The highest BCUT2D eigenvalue weighted by atomic mass is 16.5. The zero-order chi connectivity index (χ0) is 21.1. The number of nitrogens with one attached hydrogen (secondary N) is 1. The van der Waals surface area contributed by atoms with Gasteiger partial charge in [0.1, 0.15) is 11.3 Å². The van der Waals surface area contributed by atoms with Crippen LogP contribution in [0.1, 0.15) is 30.6 Å². The molecule has 1 fully saturated rings.